The van der Waals surface area contributed by atoms with Crippen molar-refractivity contribution in [3.63, 3.8) is 0 Å². The van der Waals surface area contributed by atoms with Crippen molar-refractivity contribution in [2.45, 2.75) is 52.6 Å². The van der Waals surface area contributed by atoms with Crippen molar-refractivity contribution in [1.82, 2.24) is 5.32 Å². The fourth-order valence-electron chi connectivity index (χ4n) is 2.14. The monoisotopic (exact) mass is 263 g/mol. The van der Waals surface area contributed by atoms with E-state index < -0.39 is 0 Å². The number of hydrogen-bond acceptors (Lipinski definition) is 3. The highest BCUT2D eigenvalue weighted by Gasteiger charge is 2.21. The van der Waals surface area contributed by atoms with E-state index in [1.165, 1.54) is 11.1 Å². The molecule has 0 fully saturated rings. The van der Waals surface area contributed by atoms with Crippen LogP contribution in [0.15, 0.2) is 24.3 Å². The third kappa shape index (κ3) is 5.03. The first-order valence-corrected chi connectivity index (χ1v) is 7.07. The summed E-state index contributed by atoms with van der Waals surface area (Å²) in [7, 11) is 0. The van der Waals surface area contributed by atoms with Crippen LogP contribution in [0.4, 0.5) is 0 Å². The molecule has 19 heavy (non-hydrogen) atoms. The molecule has 0 aliphatic heterocycles. The minimum Gasteiger partial charge on any atom is -0.465 e. The molecule has 1 aromatic rings. The summed E-state index contributed by atoms with van der Waals surface area (Å²) in [5.74, 6) is -0.149. The van der Waals surface area contributed by atoms with Gasteiger partial charge < -0.3 is 4.74 Å². The number of benzene rings is 1. The van der Waals surface area contributed by atoms with Gasteiger partial charge in [0, 0.05) is 6.04 Å². The van der Waals surface area contributed by atoms with Gasteiger partial charge in [0.25, 0.3) is 0 Å². The Balaban J connectivity index is 2.70. The standard InChI is InChI=1S/C16H25NO2/c1-5-8-15(16(18)19-6-2)17-13(4)14-10-7-9-12(3)11-14/h7,9-11,13,15,17H,5-6,8H2,1-4H3/t13-,15?/m1/s1. The fourth-order valence-corrected chi connectivity index (χ4v) is 2.14. The van der Waals surface area contributed by atoms with Gasteiger partial charge in [0.05, 0.1) is 6.61 Å². The van der Waals surface area contributed by atoms with E-state index in [9.17, 15) is 4.79 Å². The molecule has 3 nitrogen and oxygen atoms in total. The Bertz CT molecular complexity index is 403. The van der Waals surface area contributed by atoms with Crippen molar-refractivity contribution in [3.8, 4) is 0 Å². The summed E-state index contributed by atoms with van der Waals surface area (Å²) < 4.78 is 5.12. The molecule has 0 aliphatic rings. The molecule has 3 heteroatoms. The number of hydrogen-bond donors (Lipinski definition) is 1. The lowest BCUT2D eigenvalue weighted by Crippen LogP contribution is -2.39. The van der Waals surface area contributed by atoms with Gasteiger partial charge in [-0.05, 0) is 32.8 Å². The van der Waals surface area contributed by atoms with Crippen molar-refractivity contribution in [2.24, 2.45) is 0 Å². The molecule has 0 spiro atoms. The summed E-state index contributed by atoms with van der Waals surface area (Å²) in [5, 5.41) is 3.37. The lowest BCUT2D eigenvalue weighted by atomic mass is 10.0. The molecule has 1 aromatic carbocycles. The van der Waals surface area contributed by atoms with Crippen molar-refractivity contribution in [3.05, 3.63) is 35.4 Å². The zero-order valence-electron chi connectivity index (χ0n) is 12.4. The van der Waals surface area contributed by atoms with E-state index in [1.54, 1.807) is 0 Å². The van der Waals surface area contributed by atoms with Crippen LogP contribution in [0.25, 0.3) is 0 Å². The highest BCUT2D eigenvalue weighted by atomic mass is 16.5. The number of nitrogens with one attached hydrogen (secondary N) is 1. The zero-order valence-corrected chi connectivity index (χ0v) is 12.4. The Morgan fingerprint density at radius 2 is 2.11 bits per heavy atom. The Hall–Kier alpha value is -1.35. The molecule has 1 unspecified atom stereocenters. The summed E-state index contributed by atoms with van der Waals surface area (Å²) in [6, 6.07) is 8.26. The summed E-state index contributed by atoms with van der Waals surface area (Å²) in [6.07, 6.45) is 1.76. The van der Waals surface area contributed by atoms with Crippen LogP contribution in [0.2, 0.25) is 0 Å². The number of carbonyl (C=O) groups excluding carboxylic acids is 1. The molecule has 0 radical (unpaired) electrons. The van der Waals surface area contributed by atoms with Crippen LogP contribution in [-0.2, 0) is 9.53 Å². The van der Waals surface area contributed by atoms with E-state index in [-0.39, 0.29) is 18.1 Å². The molecular weight excluding hydrogens is 238 g/mol. The Morgan fingerprint density at radius 1 is 1.37 bits per heavy atom. The number of ether oxygens (including phenoxy) is 1. The van der Waals surface area contributed by atoms with Crippen LogP contribution in [0.1, 0.15) is 50.8 Å². The van der Waals surface area contributed by atoms with Crippen LogP contribution in [0, 0.1) is 6.92 Å². The van der Waals surface area contributed by atoms with Gasteiger partial charge in [-0.25, -0.2) is 0 Å². The number of aryl methyl sites for hydroxylation is 1. The average Bonchev–Trinajstić information content (AvgIpc) is 2.38. The topological polar surface area (TPSA) is 38.3 Å². The van der Waals surface area contributed by atoms with Crippen LogP contribution in [0.5, 0.6) is 0 Å². The van der Waals surface area contributed by atoms with Gasteiger partial charge >= 0.3 is 5.97 Å². The maximum atomic E-state index is 11.9. The lowest BCUT2D eigenvalue weighted by molar-refractivity contribution is -0.146. The van der Waals surface area contributed by atoms with Crippen LogP contribution < -0.4 is 5.32 Å². The summed E-state index contributed by atoms with van der Waals surface area (Å²) >= 11 is 0. The molecule has 0 saturated carbocycles. The molecule has 0 heterocycles. The molecule has 1 rings (SSSR count). The average molecular weight is 263 g/mol. The van der Waals surface area contributed by atoms with Crippen molar-refractivity contribution >= 4 is 5.97 Å². The molecule has 0 aromatic heterocycles. The Labute approximate surface area is 116 Å². The second-order valence-electron chi connectivity index (χ2n) is 4.90. The number of rotatable bonds is 7. The van der Waals surface area contributed by atoms with Gasteiger partial charge in [-0.1, -0.05) is 43.2 Å². The largest absolute Gasteiger partial charge is 0.465 e. The van der Waals surface area contributed by atoms with Gasteiger partial charge in [-0.15, -0.1) is 0 Å². The maximum absolute atomic E-state index is 11.9. The highest BCUT2D eigenvalue weighted by Crippen LogP contribution is 2.16. The summed E-state index contributed by atoms with van der Waals surface area (Å²) in [4.78, 5) is 11.9. The summed E-state index contributed by atoms with van der Waals surface area (Å²) in [6.45, 7) is 8.50. The molecule has 106 valence electrons. The van der Waals surface area contributed by atoms with Crippen LogP contribution in [0.3, 0.4) is 0 Å². The van der Waals surface area contributed by atoms with E-state index in [0.29, 0.717) is 6.61 Å². The third-order valence-electron chi connectivity index (χ3n) is 3.14. The first-order chi connectivity index (χ1) is 9.08. The first-order valence-electron chi connectivity index (χ1n) is 7.07. The number of carbonyl (C=O) groups is 1. The van der Waals surface area contributed by atoms with E-state index in [2.05, 4.69) is 44.3 Å². The quantitative estimate of drug-likeness (QED) is 0.766. The Morgan fingerprint density at radius 3 is 2.68 bits per heavy atom. The molecular formula is C16H25NO2. The SMILES string of the molecule is CCCC(N[C@H](C)c1cccc(C)c1)C(=O)OCC. The molecule has 0 saturated heterocycles. The van der Waals surface area contributed by atoms with Gasteiger partial charge in [-0.2, -0.15) is 0 Å². The fraction of sp³-hybridized carbons (Fsp3) is 0.562. The molecule has 0 aliphatic carbocycles. The third-order valence-corrected chi connectivity index (χ3v) is 3.14. The second-order valence-corrected chi connectivity index (χ2v) is 4.90. The van der Waals surface area contributed by atoms with Crippen molar-refractivity contribution in [2.75, 3.05) is 6.61 Å². The second kappa shape index (κ2) is 7.95. The van der Waals surface area contributed by atoms with E-state index >= 15 is 0 Å². The zero-order chi connectivity index (χ0) is 14.3. The molecule has 2 atom stereocenters. The smallest absolute Gasteiger partial charge is 0.323 e. The van der Waals surface area contributed by atoms with Crippen molar-refractivity contribution in [1.29, 1.82) is 0 Å². The molecule has 0 bridgehead atoms. The normalized spacial score (nSPS) is 13.9. The van der Waals surface area contributed by atoms with Gasteiger partial charge in [-0.3, -0.25) is 10.1 Å². The first kappa shape index (κ1) is 15.7. The number of esters is 1. The molecule has 0 amide bonds. The summed E-state index contributed by atoms with van der Waals surface area (Å²) in [5.41, 5.74) is 2.43. The van der Waals surface area contributed by atoms with E-state index in [4.69, 9.17) is 4.74 Å². The van der Waals surface area contributed by atoms with Gasteiger partial charge in [0.2, 0.25) is 0 Å². The van der Waals surface area contributed by atoms with Crippen molar-refractivity contribution < 1.29 is 9.53 Å². The van der Waals surface area contributed by atoms with E-state index in [1.807, 2.05) is 13.0 Å². The Kier molecular flexibility index (Phi) is 6.57. The predicted octanol–water partition coefficient (Wildman–Crippen LogP) is 3.38. The predicted molar refractivity (Wildman–Crippen MR) is 78.1 cm³/mol. The van der Waals surface area contributed by atoms with Gasteiger partial charge in [0.1, 0.15) is 6.04 Å². The minimum absolute atomic E-state index is 0.140. The minimum atomic E-state index is -0.222. The molecule has 1 N–H and O–H groups in total. The highest BCUT2D eigenvalue weighted by molar-refractivity contribution is 5.75. The van der Waals surface area contributed by atoms with Crippen LogP contribution >= 0.6 is 0 Å². The van der Waals surface area contributed by atoms with E-state index in [0.717, 1.165) is 12.8 Å². The lowest BCUT2D eigenvalue weighted by Gasteiger charge is -2.22. The maximum Gasteiger partial charge on any atom is 0.323 e. The van der Waals surface area contributed by atoms with Crippen LogP contribution in [-0.4, -0.2) is 18.6 Å². The van der Waals surface area contributed by atoms with Gasteiger partial charge in [0.15, 0.2) is 0 Å².